The fraction of sp³-hybridized carbons (Fsp3) is 0.350. The van der Waals surface area contributed by atoms with E-state index in [4.69, 9.17) is 4.98 Å². The van der Waals surface area contributed by atoms with Crippen molar-refractivity contribution in [3.63, 3.8) is 0 Å². The largest absolute Gasteiger partial charge is 0.435 e. The predicted molar refractivity (Wildman–Crippen MR) is 101 cm³/mol. The van der Waals surface area contributed by atoms with E-state index in [0.29, 0.717) is 6.54 Å². The van der Waals surface area contributed by atoms with Crippen LogP contribution >= 0.6 is 0 Å². The quantitative estimate of drug-likeness (QED) is 0.738. The van der Waals surface area contributed by atoms with E-state index in [2.05, 4.69) is 19.5 Å². The second kappa shape index (κ2) is 7.92. The molecule has 7 heteroatoms. The summed E-state index contributed by atoms with van der Waals surface area (Å²) in [5, 5.41) is 0. The van der Waals surface area contributed by atoms with Gasteiger partial charge in [0.05, 0.1) is 11.0 Å². The number of rotatable bonds is 5. The van der Waals surface area contributed by atoms with E-state index < -0.39 is 6.61 Å². The van der Waals surface area contributed by atoms with Gasteiger partial charge < -0.3 is 14.6 Å². The van der Waals surface area contributed by atoms with Crippen molar-refractivity contribution in [2.45, 2.75) is 19.6 Å². The minimum Gasteiger partial charge on any atom is -0.435 e. The molecule has 1 aliphatic rings. The third-order valence-electron chi connectivity index (χ3n) is 4.79. The monoisotopic (exact) mass is 372 g/mol. The van der Waals surface area contributed by atoms with Gasteiger partial charge in [0.15, 0.2) is 0 Å². The summed E-state index contributed by atoms with van der Waals surface area (Å²) in [6.45, 7) is 1.57. The average Bonchev–Trinajstić information content (AvgIpc) is 2.94. The summed E-state index contributed by atoms with van der Waals surface area (Å²) < 4.78 is 29.3. The topological polar surface area (TPSA) is 44.4 Å². The Hall–Kier alpha value is -2.67. The van der Waals surface area contributed by atoms with Gasteiger partial charge in [0, 0.05) is 32.7 Å². The lowest BCUT2D eigenvalue weighted by Gasteiger charge is -2.21. The summed E-state index contributed by atoms with van der Waals surface area (Å²) in [6.07, 6.45) is 1.02. The number of anilines is 1. The van der Waals surface area contributed by atoms with Crippen molar-refractivity contribution < 1.29 is 13.5 Å². The summed E-state index contributed by atoms with van der Waals surface area (Å²) in [5.74, 6) is 1.12. The second-order valence-electron chi connectivity index (χ2n) is 6.72. The molecule has 3 aromatic rings. The molecule has 2 aromatic carbocycles. The Bertz CT molecular complexity index is 865. The van der Waals surface area contributed by atoms with Gasteiger partial charge >= 0.3 is 6.61 Å². The highest BCUT2D eigenvalue weighted by atomic mass is 19.3. The van der Waals surface area contributed by atoms with E-state index in [-0.39, 0.29) is 5.75 Å². The van der Waals surface area contributed by atoms with Gasteiger partial charge in [0.25, 0.3) is 0 Å². The normalized spacial score (nSPS) is 16.0. The molecule has 1 aliphatic heterocycles. The zero-order valence-electron chi connectivity index (χ0n) is 14.9. The van der Waals surface area contributed by atoms with E-state index in [1.165, 1.54) is 0 Å². The van der Waals surface area contributed by atoms with Crippen molar-refractivity contribution in [3.05, 3.63) is 54.1 Å². The van der Waals surface area contributed by atoms with Gasteiger partial charge in [0.2, 0.25) is 5.95 Å². The number of para-hydroxylation sites is 2. The van der Waals surface area contributed by atoms with Gasteiger partial charge in [-0.2, -0.15) is 8.78 Å². The number of aromatic amines is 1. The first-order valence-corrected chi connectivity index (χ1v) is 9.13. The van der Waals surface area contributed by atoms with E-state index in [1.807, 2.05) is 30.3 Å². The minimum absolute atomic E-state index is 0.209. The van der Waals surface area contributed by atoms with Crippen molar-refractivity contribution in [2.24, 2.45) is 0 Å². The maximum Gasteiger partial charge on any atom is 0.387 e. The van der Waals surface area contributed by atoms with Crippen molar-refractivity contribution in [2.75, 3.05) is 31.1 Å². The van der Waals surface area contributed by atoms with Gasteiger partial charge in [-0.15, -0.1) is 0 Å². The Morgan fingerprint density at radius 3 is 2.78 bits per heavy atom. The SMILES string of the molecule is FC(F)Oc1cccc(CN2CCCN(c3nc4ccccc4[nH]3)CC2)c1. The van der Waals surface area contributed by atoms with Crippen LogP contribution in [0.5, 0.6) is 5.75 Å². The number of halogens is 2. The first kappa shape index (κ1) is 17.7. The van der Waals surface area contributed by atoms with Crippen LogP contribution in [0.25, 0.3) is 11.0 Å². The van der Waals surface area contributed by atoms with Crippen molar-refractivity contribution in [3.8, 4) is 5.75 Å². The summed E-state index contributed by atoms with van der Waals surface area (Å²) in [6, 6.07) is 15.0. The van der Waals surface area contributed by atoms with E-state index in [9.17, 15) is 8.78 Å². The molecule has 1 saturated heterocycles. The molecule has 0 saturated carbocycles. The number of hydrogen-bond donors (Lipinski definition) is 1. The molecule has 0 atom stereocenters. The van der Waals surface area contributed by atoms with Crippen LogP contribution in [0.15, 0.2) is 48.5 Å². The number of imidazole rings is 1. The summed E-state index contributed by atoms with van der Waals surface area (Å²) >= 11 is 0. The van der Waals surface area contributed by atoms with Gasteiger partial charge in [0.1, 0.15) is 5.75 Å². The Balaban J connectivity index is 1.40. The molecule has 2 heterocycles. The molecule has 0 spiro atoms. The van der Waals surface area contributed by atoms with Crippen molar-refractivity contribution in [1.82, 2.24) is 14.9 Å². The Kier molecular flexibility index (Phi) is 5.20. The van der Waals surface area contributed by atoms with E-state index in [0.717, 1.165) is 55.1 Å². The number of ether oxygens (including phenoxy) is 1. The van der Waals surface area contributed by atoms with Crippen LogP contribution in [0.3, 0.4) is 0 Å². The van der Waals surface area contributed by atoms with E-state index >= 15 is 0 Å². The van der Waals surface area contributed by atoms with Crippen LogP contribution in [-0.2, 0) is 6.54 Å². The molecule has 27 heavy (non-hydrogen) atoms. The fourth-order valence-corrected chi connectivity index (χ4v) is 3.51. The van der Waals surface area contributed by atoms with Crippen LogP contribution < -0.4 is 9.64 Å². The predicted octanol–water partition coefficient (Wildman–Crippen LogP) is 3.88. The number of nitrogens with one attached hydrogen (secondary N) is 1. The van der Waals surface area contributed by atoms with Gasteiger partial charge in [-0.1, -0.05) is 24.3 Å². The minimum atomic E-state index is -2.80. The lowest BCUT2D eigenvalue weighted by atomic mass is 10.2. The molecule has 1 aromatic heterocycles. The number of nitrogens with zero attached hydrogens (tertiary/aromatic N) is 3. The Morgan fingerprint density at radius 2 is 1.93 bits per heavy atom. The number of aromatic nitrogens is 2. The molecular weight excluding hydrogens is 350 g/mol. The second-order valence-corrected chi connectivity index (χ2v) is 6.72. The molecule has 1 N–H and O–H groups in total. The smallest absolute Gasteiger partial charge is 0.387 e. The maximum absolute atomic E-state index is 12.4. The molecule has 0 aliphatic carbocycles. The van der Waals surface area contributed by atoms with Crippen LogP contribution in [0.4, 0.5) is 14.7 Å². The van der Waals surface area contributed by atoms with Crippen molar-refractivity contribution in [1.29, 1.82) is 0 Å². The summed E-state index contributed by atoms with van der Waals surface area (Å²) in [5.41, 5.74) is 3.00. The Morgan fingerprint density at radius 1 is 1.04 bits per heavy atom. The van der Waals surface area contributed by atoms with Crippen LogP contribution in [0.2, 0.25) is 0 Å². The highest BCUT2D eigenvalue weighted by Crippen LogP contribution is 2.20. The van der Waals surface area contributed by atoms with Gasteiger partial charge in [-0.3, -0.25) is 4.90 Å². The first-order chi connectivity index (χ1) is 13.2. The molecule has 142 valence electrons. The maximum atomic E-state index is 12.4. The molecule has 0 unspecified atom stereocenters. The molecule has 0 amide bonds. The standard InChI is InChI=1S/C20H22F2N4O/c21-19(22)27-16-6-3-5-15(13-16)14-25-9-4-10-26(12-11-25)20-23-17-7-1-2-8-18(17)24-20/h1-3,5-8,13,19H,4,9-12,14H2,(H,23,24). The number of H-pyrrole nitrogens is 1. The summed E-state index contributed by atoms with van der Waals surface area (Å²) in [4.78, 5) is 12.7. The first-order valence-electron chi connectivity index (χ1n) is 9.13. The molecule has 1 fully saturated rings. The lowest BCUT2D eigenvalue weighted by Crippen LogP contribution is -2.31. The highest BCUT2D eigenvalue weighted by molar-refractivity contribution is 5.77. The molecule has 0 radical (unpaired) electrons. The lowest BCUT2D eigenvalue weighted by molar-refractivity contribution is -0.0499. The zero-order chi connectivity index (χ0) is 18.6. The van der Waals surface area contributed by atoms with Crippen LogP contribution in [0, 0.1) is 0 Å². The summed E-state index contributed by atoms with van der Waals surface area (Å²) in [7, 11) is 0. The molecular formula is C20H22F2N4O. The average molecular weight is 372 g/mol. The fourth-order valence-electron chi connectivity index (χ4n) is 3.51. The third-order valence-corrected chi connectivity index (χ3v) is 4.79. The highest BCUT2D eigenvalue weighted by Gasteiger charge is 2.18. The van der Waals surface area contributed by atoms with Gasteiger partial charge in [-0.05, 0) is 36.2 Å². The number of fused-ring (bicyclic) bond motifs is 1. The molecule has 0 bridgehead atoms. The Labute approximate surface area is 156 Å². The van der Waals surface area contributed by atoms with Crippen LogP contribution in [-0.4, -0.2) is 47.7 Å². The number of benzene rings is 2. The molecule has 5 nitrogen and oxygen atoms in total. The zero-order valence-corrected chi connectivity index (χ0v) is 14.9. The van der Waals surface area contributed by atoms with Crippen molar-refractivity contribution >= 4 is 17.0 Å². The third kappa shape index (κ3) is 4.36. The van der Waals surface area contributed by atoms with Gasteiger partial charge in [-0.25, -0.2) is 4.98 Å². The van der Waals surface area contributed by atoms with E-state index in [1.54, 1.807) is 18.2 Å². The molecule has 4 rings (SSSR count). The number of hydrogen-bond acceptors (Lipinski definition) is 4. The number of alkyl halides is 2. The van der Waals surface area contributed by atoms with Crippen LogP contribution in [0.1, 0.15) is 12.0 Å².